The molecule has 34 heavy (non-hydrogen) atoms. The van der Waals surface area contributed by atoms with Crippen LogP contribution in [0.15, 0.2) is 90.5 Å². The summed E-state index contributed by atoms with van der Waals surface area (Å²) in [5.41, 5.74) is 3.29. The van der Waals surface area contributed by atoms with Crippen LogP contribution in [0.1, 0.15) is 16.7 Å². The maximum atomic E-state index is 12.6. The van der Waals surface area contributed by atoms with Crippen molar-refractivity contribution in [3.8, 4) is 17.6 Å². The number of aryl methyl sites for hydroxylation is 1. The van der Waals surface area contributed by atoms with Crippen LogP contribution in [0, 0.1) is 18.3 Å². The first-order valence-corrected chi connectivity index (χ1v) is 10.8. The number of amides is 1. The molecule has 4 aromatic carbocycles. The van der Waals surface area contributed by atoms with Crippen molar-refractivity contribution in [3.63, 3.8) is 0 Å². The molecule has 168 valence electrons. The molecule has 0 unspecified atom stereocenters. The highest BCUT2D eigenvalue weighted by Gasteiger charge is 2.12. The Hall–Kier alpha value is -4.56. The van der Waals surface area contributed by atoms with Gasteiger partial charge in [-0.05, 0) is 64.7 Å². The molecule has 1 amide bonds. The van der Waals surface area contributed by atoms with Gasteiger partial charge in [0.05, 0.1) is 7.11 Å². The molecule has 0 bridgehead atoms. The van der Waals surface area contributed by atoms with Crippen LogP contribution >= 0.6 is 0 Å². The summed E-state index contributed by atoms with van der Waals surface area (Å²) in [6, 6.07) is 29.1. The summed E-state index contributed by atoms with van der Waals surface area (Å²) in [7, 11) is 1.56. The Morgan fingerprint density at radius 2 is 1.71 bits per heavy atom. The van der Waals surface area contributed by atoms with E-state index in [1.807, 2.05) is 49.4 Å². The standard InChI is InChI=1S/C29H24N2O3/c1-20-7-3-6-10-26(20)31-29(32)25(18-30)15-21-12-14-27(28(17-21)33-2)34-19-22-11-13-23-8-4-5-9-24(23)16-22/h3-17H,19H2,1-2H3,(H,31,32)/b25-15-. The number of nitriles is 1. The number of rotatable bonds is 7. The maximum absolute atomic E-state index is 12.6. The van der Waals surface area contributed by atoms with E-state index in [1.54, 1.807) is 31.4 Å². The van der Waals surface area contributed by atoms with Crippen molar-refractivity contribution >= 4 is 28.4 Å². The largest absolute Gasteiger partial charge is 0.493 e. The average Bonchev–Trinajstić information content (AvgIpc) is 2.87. The van der Waals surface area contributed by atoms with Gasteiger partial charge >= 0.3 is 0 Å². The van der Waals surface area contributed by atoms with Crippen LogP contribution in [0.25, 0.3) is 16.8 Å². The van der Waals surface area contributed by atoms with E-state index in [-0.39, 0.29) is 5.57 Å². The minimum atomic E-state index is -0.465. The van der Waals surface area contributed by atoms with Gasteiger partial charge in [0.1, 0.15) is 18.2 Å². The van der Waals surface area contributed by atoms with E-state index < -0.39 is 5.91 Å². The predicted molar refractivity (Wildman–Crippen MR) is 135 cm³/mol. The molecule has 4 rings (SSSR count). The smallest absolute Gasteiger partial charge is 0.266 e. The van der Waals surface area contributed by atoms with E-state index in [0.29, 0.717) is 29.4 Å². The molecule has 0 fully saturated rings. The molecule has 0 saturated heterocycles. The van der Waals surface area contributed by atoms with Crippen LogP contribution in [-0.4, -0.2) is 13.0 Å². The molecule has 0 aliphatic rings. The van der Waals surface area contributed by atoms with Crippen LogP contribution in [0.2, 0.25) is 0 Å². The number of ether oxygens (including phenoxy) is 2. The fourth-order valence-electron chi connectivity index (χ4n) is 3.60. The minimum Gasteiger partial charge on any atom is -0.493 e. The average molecular weight is 449 g/mol. The number of para-hydroxylation sites is 1. The quantitative estimate of drug-likeness (QED) is 0.267. The summed E-state index contributed by atoms with van der Waals surface area (Å²) >= 11 is 0. The molecular weight excluding hydrogens is 424 g/mol. The predicted octanol–water partition coefficient (Wildman–Crippen LogP) is 6.28. The number of carbonyl (C=O) groups excluding carboxylic acids is 1. The molecule has 1 N–H and O–H groups in total. The summed E-state index contributed by atoms with van der Waals surface area (Å²) in [4.78, 5) is 12.6. The van der Waals surface area contributed by atoms with Gasteiger partial charge in [-0.15, -0.1) is 0 Å². The van der Waals surface area contributed by atoms with Gasteiger partial charge in [-0.2, -0.15) is 5.26 Å². The summed E-state index contributed by atoms with van der Waals surface area (Å²) in [5.74, 6) is 0.634. The fraction of sp³-hybridized carbons (Fsp3) is 0.103. The zero-order chi connectivity index (χ0) is 23.9. The molecule has 0 spiro atoms. The lowest BCUT2D eigenvalue weighted by atomic mass is 10.1. The summed E-state index contributed by atoms with van der Waals surface area (Å²) in [6.07, 6.45) is 1.53. The number of carbonyl (C=O) groups is 1. The lowest BCUT2D eigenvalue weighted by molar-refractivity contribution is -0.112. The van der Waals surface area contributed by atoms with Gasteiger partial charge in [-0.3, -0.25) is 4.79 Å². The first-order valence-electron chi connectivity index (χ1n) is 10.8. The first kappa shape index (κ1) is 22.6. The van der Waals surface area contributed by atoms with Crippen molar-refractivity contribution in [1.29, 1.82) is 5.26 Å². The third kappa shape index (κ3) is 5.25. The number of nitrogens with one attached hydrogen (secondary N) is 1. The molecule has 0 aromatic heterocycles. The number of hydrogen-bond donors (Lipinski definition) is 1. The van der Waals surface area contributed by atoms with Crippen LogP contribution in [0.5, 0.6) is 11.5 Å². The molecule has 5 nitrogen and oxygen atoms in total. The topological polar surface area (TPSA) is 71.3 Å². The van der Waals surface area contributed by atoms with Gasteiger partial charge in [0.2, 0.25) is 0 Å². The Morgan fingerprint density at radius 3 is 2.47 bits per heavy atom. The van der Waals surface area contributed by atoms with Gasteiger partial charge in [0, 0.05) is 5.69 Å². The highest BCUT2D eigenvalue weighted by Crippen LogP contribution is 2.30. The van der Waals surface area contributed by atoms with Gasteiger partial charge in [0.15, 0.2) is 11.5 Å². The number of anilines is 1. The van der Waals surface area contributed by atoms with Crippen molar-refractivity contribution in [2.24, 2.45) is 0 Å². The Bertz CT molecular complexity index is 1420. The molecule has 5 heteroatoms. The highest BCUT2D eigenvalue weighted by atomic mass is 16.5. The zero-order valence-corrected chi connectivity index (χ0v) is 19.0. The normalized spacial score (nSPS) is 11.0. The highest BCUT2D eigenvalue weighted by molar-refractivity contribution is 6.10. The molecular formula is C29H24N2O3. The molecule has 4 aromatic rings. The van der Waals surface area contributed by atoms with Crippen LogP contribution in [0.4, 0.5) is 5.69 Å². The molecule has 0 radical (unpaired) electrons. The van der Waals surface area contributed by atoms with Crippen molar-refractivity contribution < 1.29 is 14.3 Å². The van der Waals surface area contributed by atoms with E-state index in [4.69, 9.17) is 9.47 Å². The lowest BCUT2D eigenvalue weighted by Crippen LogP contribution is -2.14. The monoisotopic (exact) mass is 448 g/mol. The first-order chi connectivity index (χ1) is 16.6. The lowest BCUT2D eigenvalue weighted by Gasteiger charge is -2.12. The second-order valence-electron chi connectivity index (χ2n) is 7.82. The number of nitrogens with zero attached hydrogens (tertiary/aromatic N) is 1. The van der Waals surface area contributed by atoms with Crippen molar-refractivity contribution in [2.45, 2.75) is 13.5 Å². The van der Waals surface area contributed by atoms with E-state index in [1.165, 1.54) is 11.5 Å². The van der Waals surface area contributed by atoms with Gasteiger partial charge in [-0.25, -0.2) is 0 Å². The molecule has 0 heterocycles. The van der Waals surface area contributed by atoms with Gasteiger partial charge in [-0.1, -0.05) is 60.7 Å². The van der Waals surface area contributed by atoms with Crippen LogP contribution < -0.4 is 14.8 Å². The second-order valence-corrected chi connectivity index (χ2v) is 7.82. The van der Waals surface area contributed by atoms with E-state index >= 15 is 0 Å². The molecule has 0 atom stereocenters. The van der Waals surface area contributed by atoms with Crippen LogP contribution in [-0.2, 0) is 11.4 Å². The van der Waals surface area contributed by atoms with Gasteiger partial charge in [0.25, 0.3) is 5.91 Å². The molecule has 0 aliphatic carbocycles. The van der Waals surface area contributed by atoms with Gasteiger partial charge < -0.3 is 14.8 Å². The zero-order valence-electron chi connectivity index (χ0n) is 19.0. The van der Waals surface area contributed by atoms with E-state index in [0.717, 1.165) is 16.5 Å². The third-order valence-corrected chi connectivity index (χ3v) is 5.47. The number of benzene rings is 4. The fourth-order valence-corrected chi connectivity index (χ4v) is 3.60. The Morgan fingerprint density at radius 1 is 0.941 bits per heavy atom. The maximum Gasteiger partial charge on any atom is 0.266 e. The number of hydrogen-bond acceptors (Lipinski definition) is 4. The molecule has 0 saturated carbocycles. The molecule has 0 aliphatic heterocycles. The summed E-state index contributed by atoms with van der Waals surface area (Å²) in [6.45, 7) is 2.28. The van der Waals surface area contributed by atoms with Crippen LogP contribution in [0.3, 0.4) is 0 Å². The van der Waals surface area contributed by atoms with E-state index in [9.17, 15) is 10.1 Å². The Balaban J connectivity index is 1.50. The number of methoxy groups -OCH3 is 1. The SMILES string of the molecule is COc1cc(/C=C(/C#N)C(=O)Nc2ccccc2C)ccc1OCc1ccc2ccccc2c1. The summed E-state index contributed by atoms with van der Waals surface area (Å²) in [5, 5.41) is 14.7. The third-order valence-electron chi connectivity index (χ3n) is 5.47. The van der Waals surface area contributed by atoms with Crippen molar-refractivity contribution in [2.75, 3.05) is 12.4 Å². The van der Waals surface area contributed by atoms with E-state index in [2.05, 4.69) is 29.6 Å². The minimum absolute atomic E-state index is 0.00450. The van der Waals surface area contributed by atoms with Crippen molar-refractivity contribution in [3.05, 3.63) is 107 Å². The summed E-state index contributed by atoms with van der Waals surface area (Å²) < 4.78 is 11.5. The Labute approximate surface area is 198 Å². The second kappa shape index (κ2) is 10.4. The van der Waals surface area contributed by atoms with Crippen molar-refractivity contribution in [1.82, 2.24) is 0 Å². The Kier molecular flexibility index (Phi) is 6.90. The number of fused-ring (bicyclic) bond motifs is 1.